The molecule has 2 aromatic heterocycles. The molecular formula is C15H19N5O3S2. The van der Waals surface area contributed by atoms with Crippen LogP contribution >= 0.6 is 11.3 Å². The molecule has 134 valence electrons. The number of rotatable bonds is 4. The molecule has 2 aromatic rings. The van der Waals surface area contributed by atoms with E-state index in [4.69, 9.17) is 0 Å². The van der Waals surface area contributed by atoms with E-state index in [-0.39, 0.29) is 5.91 Å². The van der Waals surface area contributed by atoms with E-state index in [1.165, 1.54) is 21.9 Å². The molecule has 0 unspecified atom stereocenters. The number of piperazine rings is 1. The number of hydrogen-bond acceptors (Lipinski definition) is 7. The molecular weight excluding hydrogens is 362 g/mol. The summed E-state index contributed by atoms with van der Waals surface area (Å²) in [6.07, 6.45) is 1.18. The number of anilines is 2. The van der Waals surface area contributed by atoms with Crippen LogP contribution in [0.2, 0.25) is 0 Å². The van der Waals surface area contributed by atoms with Crippen LogP contribution in [0.5, 0.6) is 0 Å². The van der Waals surface area contributed by atoms with E-state index >= 15 is 0 Å². The molecule has 3 heterocycles. The van der Waals surface area contributed by atoms with Crippen molar-refractivity contribution in [3.63, 3.8) is 0 Å². The number of carbonyl (C=O) groups is 1. The summed E-state index contributed by atoms with van der Waals surface area (Å²) in [5, 5.41) is 5.38. The molecule has 25 heavy (non-hydrogen) atoms. The maximum absolute atomic E-state index is 12.5. The molecule has 10 heteroatoms. The molecule has 3 rings (SSSR count). The lowest BCUT2D eigenvalue weighted by molar-refractivity contribution is 0.0693. The smallest absolute Gasteiger partial charge is 0.273 e. The first-order chi connectivity index (χ1) is 11.8. The first-order valence-corrected chi connectivity index (χ1v) is 10.5. The third-order valence-corrected chi connectivity index (χ3v) is 5.90. The number of aryl methyl sites for hydroxylation is 1. The third-order valence-electron chi connectivity index (χ3n) is 3.84. The lowest BCUT2D eigenvalue weighted by atomic mass is 10.3. The van der Waals surface area contributed by atoms with E-state index in [0.717, 1.165) is 5.69 Å². The molecule has 1 saturated heterocycles. The molecule has 0 spiro atoms. The minimum Gasteiger partial charge on any atom is -0.335 e. The van der Waals surface area contributed by atoms with Crippen molar-refractivity contribution in [2.45, 2.75) is 6.92 Å². The standard InChI is InChI=1S/C15H19N5O3S2/c1-11-4-3-5-13(16-11)18-15-17-12(10-24-15)14(21)19-6-8-20(9-7-19)25(2,22)23/h3-5,10H,6-9H2,1-2H3,(H,16,17,18). The molecule has 8 nitrogen and oxygen atoms in total. The van der Waals surface area contributed by atoms with Crippen molar-refractivity contribution in [1.82, 2.24) is 19.2 Å². The number of aromatic nitrogens is 2. The Morgan fingerprint density at radius 3 is 2.56 bits per heavy atom. The topological polar surface area (TPSA) is 95.5 Å². The molecule has 0 aliphatic carbocycles. The third kappa shape index (κ3) is 4.33. The molecule has 0 radical (unpaired) electrons. The predicted octanol–water partition coefficient (Wildman–Crippen LogP) is 1.31. The van der Waals surface area contributed by atoms with E-state index in [2.05, 4.69) is 15.3 Å². The average Bonchev–Trinajstić information content (AvgIpc) is 3.02. The SMILES string of the molecule is Cc1cccc(Nc2nc(C(=O)N3CCN(S(C)(=O)=O)CC3)cs2)n1. The number of carbonyl (C=O) groups excluding carboxylic acids is 1. The van der Waals surface area contributed by atoms with Crippen LogP contribution in [-0.2, 0) is 10.0 Å². The van der Waals surface area contributed by atoms with E-state index in [9.17, 15) is 13.2 Å². The molecule has 1 N–H and O–H groups in total. The van der Waals surface area contributed by atoms with Crippen LogP contribution in [0.15, 0.2) is 23.6 Å². The minimum atomic E-state index is -3.21. The highest BCUT2D eigenvalue weighted by molar-refractivity contribution is 7.88. The van der Waals surface area contributed by atoms with Gasteiger partial charge in [0.2, 0.25) is 10.0 Å². The summed E-state index contributed by atoms with van der Waals surface area (Å²) in [5.74, 6) is 0.491. The highest BCUT2D eigenvalue weighted by Gasteiger charge is 2.27. The Labute approximate surface area is 150 Å². The van der Waals surface area contributed by atoms with Gasteiger partial charge in [-0.15, -0.1) is 11.3 Å². The summed E-state index contributed by atoms with van der Waals surface area (Å²) in [6, 6.07) is 5.63. The monoisotopic (exact) mass is 381 g/mol. The molecule has 1 amide bonds. The van der Waals surface area contributed by atoms with Gasteiger partial charge in [-0.05, 0) is 19.1 Å². The van der Waals surface area contributed by atoms with Crippen molar-refractivity contribution in [3.8, 4) is 0 Å². The summed E-state index contributed by atoms with van der Waals surface area (Å²) in [4.78, 5) is 22.8. The fourth-order valence-corrected chi connectivity index (χ4v) is 4.05. The lowest BCUT2D eigenvalue weighted by Crippen LogP contribution is -2.50. The van der Waals surface area contributed by atoms with Gasteiger partial charge < -0.3 is 10.2 Å². The van der Waals surface area contributed by atoms with Crippen LogP contribution in [-0.4, -0.2) is 65.9 Å². The number of thiazole rings is 1. The molecule has 1 aliphatic rings. The van der Waals surface area contributed by atoms with Crippen molar-refractivity contribution in [2.24, 2.45) is 0 Å². The zero-order chi connectivity index (χ0) is 18.0. The zero-order valence-electron chi connectivity index (χ0n) is 14.0. The van der Waals surface area contributed by atoms with Gasteiger partial charge in [0.25, 0.3) is 5.91 Å². The van der Waals surface area contributed by atoms with Crippen LogP contribution < -0.4 is 5.32 Å². The van der Waals surface area contributed by atoms with Gasteiger partial charge in [0.1, 0.15) is 11.5 Å². The summed E-state index contributed by atoms with van der Waals surface area (Å²) >= 11 is 1.33. The Bertz CT molecular complexity index is 873. The first-order valence-electron chi connectivity index (χ1n) is 7.73. The molecule has 1 aliphatic heterocycles. The molecule has 1 fully saturated rings. The van der Waals surface area contributed by atoms with Crippen molar-refractivity contribution < 1.29 is 13.2 Å². The van der Waals surface area contributed by atoms with Crippen LogP contribution in [0.25, 0.3) is 0 Å². The van der Waals surface area contributed by atoms with E-state index < -0.39 is 10.0 Å². The maximum Gasteiger partial charge on any atom is 0.273 e. The quantitative estimate of drug-likeness (QED) is 0.858. The number of pyridine rings is 1. The molecule has 0 saturated carbocycles. The minimum absolute atomic E-state index is 0.186. The molecule has 0 bridgehead atoms. The zero-order valence-corrected chi connectivity index (χ0v) is 15.6. The summed E-state index contributed by atoms with van der Waals surface area (Å²) in [7, 11) is -3.21. The van der Waals surface area contributed by atoms with E-state index in [0.29, 0.717) is 42.8 Å². The van der Waals surface area contributed by atoms with Crippen molar-refractivity contribution >= 4 is 38.2 Å². The second-order valence-corrected chi connectivity index (χ2v) is 8.62. The predicted molar refractivity (Wildman–Crippen MR) is 96.7 cm³/mol. The average molecular weight is 381 g/mol. The van der Waals surface area contributed by atoms with Crippen LogP contribution in [0.3, 0.4) is 0 Å². The van der Waals surface area contributed by atoms with Gasteiger partial charge in [0, 0.05) is 37.3 Å². The Hall–Kier alpha value is -2.04. The normalized spacial score (nSPS) is 16.0. The van der Waals surface area contributed by atoms with Gasteiger partial charge >= 0.3 is 0 Å². The maximum atomic E-state index is 12.5. The van der Waals surface area contributed by atoms with Crippen molar-refractivity contribution in [1.29, 1.82) is 0 Å². The number of sulfonamides is 1. The molecule has 0 aromatic carbocycles. The van der Waals surface area contributed by atoms with E-state index in [1.54, 1.807) is 10.3 Å². The Balaban J connectivity index is 1.63. The number of hydrogen-bond donors (Lipinski definition) is 1. The van der Waals surface area contributed by atoms with Crippen LogP contribution in [0.4, 0.5) is 10.9 Å². The van der Waals surface area contributed by atoms with Gasteiger partial charge in [-0.2, -0.15) is 4.31 Å². The number of amides is 1. The van der Waals surface area contributed by atoms with Crippen molar-refractivity contribution in [3.05, 3.63) is 35.0 Å². The Morgan fingerprint density at radius 2 is 1.92 bits per heavy atom. The highest BCUT2D eigenvalue weighted by atomic mass is 32.2. The second-order valence-electron chi connectivity index (χ2n) is 5.78. The first kappa shape index (κ1) is 17.8. The Morgan fingerprint density at radius 1 is 1.20 bits per heavy atom. The number of nitrogens with zero attached hydrogens (tertiary/aromatic N) is 4. The fourth-order valence-electron chi connectivity index (χ4n) is 2.54. The van der Waals surface area contributed by atoms with Gasteiger partial charge in [-0.25, -0.2) is 18.4 Å². The number of nitrogens with one attached hydrogen (secondary N) is 1. The Kier molecular flexibility index (Phi) is 5.02. The summed E-state index contributed by atoms with van der Waals surface area (Å²) < 4.78 is 24.4. The van der Waals surface area contributed by atoms with Gasteiger partial charge in [0.15, 0.2) is 5.13 Å². The lowest BCUT2D eigenvalue weighted by Gasteiger charge is -2.32. The van der Waals surface area contributed by atoms with Crippen LogP contribution in [0.1, 0.15) is 16.2 Å². The highest BCUT2D eigenvalue weighted by Crippen LogP contribution is 2.21. The van der Waals surface area contributed by atoms with Crippen molar-refractivity contribution in [2.75, 3.05) is 37.8 Å². The summed E-state index contributed by atoms with van der Waals surface area (Å²) in [5.41, 5.74) is 1.24. The second kappa shape index (κ2) is 7.06. The largest absolute Gasteiger partial charge is 0.335 e. The van der Waals surface area contributed by atoms with Crippen LogP contribution in [0, 0.1) is 6.92 Å². The van der Waals surface area contributed by atoms with Gasteiger partial charge in [-0.1, -0.05) is 6.07 Å². The van der Waals surface area contributed by atoms with Gasteiger partial charge in [-0.3, -0.25) is 4.79 Å². The fraction of sp³-hybridized carbons (Fsp3) is 0.400. The molecule has 0 atom stereocenters. The summed E-state index contributed by atoms with van der Waals surface area (Å²) in [6.45, 7) is 3.26. The van der Waals surface area contributed by atoms with Gasteiger partial charge in [0.05, 0.1) is 6.26 Å². The van der Waals surface area contributed by atoms with E-state index in [1.807, 2.05) is 25.1 Å².